The van der Waals surface area contributed by atoms with Gasteiger partial charge in [-0.15, -0.1) is 10.2 Å². The van der Waals surface area contributed by atoms with Crippen LogP contribution in [0, 0.1) is 0 Å². The molecule has 0 aliphatic heterocycles. The molecule has 0 atom stereocenters. The summed E-state index contributed by atoms with van der Waals surface area (Å²) in [6, 6.07) is 31.1. The summed E-state index contributed by atoms with van der Waals surface area (Å²) in [6.07, 6.45) is 0. The fourth-order valence-electron chi connectivity index (χ4n) is 5.89. The van der Waals surface area contributed by atoms with Crippen molar-refractivity contribution >= 4 is 86.0 Å². The van der Waals surface area contributed by atoms with Gasteiger partial charge in [-0.1, -0.05) is 48.5 Å². The SMILES string of the molecule is O=S(=O)([O-])c1cc(S(=O)(=O)[O-])c2c(N=Nc3ccc(-c4ccc(N=Nc5cc(S(=O)(=O)[O-])c6cc(Nc7ccccc7)ccc6c5O)cc4)cc3)c(O)ccc2c1.[Na+].[Na+].[Na+]. The maximum atomic E-state index is 12.3. The standard InChI is InChI=1S/C38H27N5O11S3.3Na/c44-33-17-10-24-18-29(55(46,47)48)20-35(57(52,53)54)36(24)37(33)43-41-27-13-8-23(9-14-27)22-6-11-26(12-7-22)40-42-32-21-34(56(49,50)51)31-19-28(15-16-30(31)38(32)45)39-25-4-2-1-3-5-25;;;/h1-21,39,44-45H,(H,46,47,48)(H,49,50,51)(H,52,53,54);;;/q;3*+1/p-3. The molecule has 0 spiro atoms. The molecule has 60 heavy (non-hydrogen) atoms. The molecule has 7 aromatic rings. The van der Waals surface area contributed by atoms with Crippen molar-refractivity contribution in [2.24, 2.45) is 20.5 Å². The first-order valence-corrected chi connectivity index (χ1v) is 20.5. The molecule has 0 aliphatic carbocycles. The largest absolute Gasteiger partial charge is 1.00 e. The van der Waals surface area contributed by atoms with E-state index >= 15 is 0 Å². The maximum absolute atomic E-state index is 12.3. The number of hydrogen-bond acceptors (Lipinski definition) is 16. The molecule has 3 N–H and O–H groups in total. The molecule has 0 unspecified atom stereocenters. The van der Waals surface area contributed by atoms with Gasteiger partial charge in [0.1, 0.15) is 47.5 Å². The molecule has 0 aromatic heterocycles. The molecule has 22 heteroatoms. The van der Waals surface area contributed by atoms with E-state index in [1.165, 1.54) is 12.1 Å². The van der Waals surface area contributed by atoms with Crippen LogP contribution in [0.1, 0.15) is 0 Å². The number of para-hydroxylation sites is 1. The summed E-state index contributed by atoms with van der Waals surface area (Å²) in [7, 11) is -15.5. The van der Waals surface area contributed by atoms with Gasteiger partial charge < -0.3 is 29.2 Å². The van der Waals surface area contributed by atoms with Crippen molar-refractivity contribution in [2.75, 3.05) is 5.32 Å². The third-order valence-corrected chi connectivity index (χ3v) is 11.1. The second-order valence-corrected chi connectivity index (χ2v) is 16.4. The van der Waals surface area contributed by atoms with Gasteiger partial charge in [0.05, 0.1) is 26.1 Å². The van der Waals surface area contributed by atoms with E-state index in [0.29, 0.717) is 28.6 Å². The fraction of sp³-hybridized carbons (Fsp3) is 0. The van der Waals surface area contributed by atoms with Crippen molar-refractivity contribution in [3.63, 3.8) is 0 Å². The molecule has 0 heterocycles. The van der Waals surface area contributed by atoms with Gasteiger partial charge >= 0.3 is 88.7 Å². The van der Waals surface area contributed by atoms with Crippen molar-refractivity contribution < 1.29 is 138 Å². The Hall–Kier alpha value is -3.61. The van der Waals surface area contributed by atoms with E-state index in [1.54, 1.807) is 66.7 Å². The molecule has 16 nitrogen and oxygen atoms in total. The van der Waals surface area contributed by atoms with Crippen molar-refractivity contribution in [1.29, 1.82) is 0 Å². The van der Waals surface area contributed by atoms with Gasteiger partial charge in [-0.2, -0.15) is 10.2 Å². The zero-order chi connectivity index (χ0) is 40.7. The van der Waals surface area contributed by atoms with Crippen LogP contribution in [0.3, 0.4) is 0 Å². The Morgan fingerprint density at radius 1 is 0.500 bits per heavy atom. The Bertz CT molecular complexity index is 3140. The average Bonchev–Trinajstić information content (AvgIpc) is 3.16. The molecule has 0 fully saturated rings. The number of phenols is 2. The number of phenolic OH excluding ortho intramolecular Hbond substituents is 2. The van der Waals surface area contributed by atoms with E-state index < -0.39 is 61.9 Å². The molecular weight excluding hydrogens is 868 g/mol. The summed E-state index contributed by atoms with van der Waals surface area (Å²) in [6.45, 7) is 0. The monoisotopic (exact) mass is 891 g/mol. The summed E-state index contributed by atoms with van der Waals surface area (Å²) in [5.41, 5.74) is 2.51. The summed E-state index contributed by atoms with van der Waals surface area (Å²) in [5, 5.41) is 40.2. The van der Waals surface area contributed by atoms with Crippen LogP contribution in [0.25, 0.3) is 32.7 Å². The second-order valence-electron chi connectivity index (χ2n) is 12.3. The molecule has 7 rings (SSSR count). The quantitative estimate of drug-likeness (QED) is 0.0880. The number of benzene rings is 7. The van der Waals surface area contributed by atoms with Gasteiger partial charge in [0, 0.05) is 27.5 Å². The van der Waals surface area contributed by atoms with Crippen molar-refractivity contribution in [3.8, 4) is 22.6 Å². The summed E-state index contributed by atoms with van der Waals surface area (Å²) >= 11 is 0. The maximum Gasteiger partial charge on any atom is 1.00 e. The van der Waals surface area contributed by atoms with Crippen LogP contribution in [0.2, 0.25) is 0 Å². The third-order valence-electron chi connectivity index (χ3n) is 8.55. The average molecular weight is 892 g/mol. The predicted molar refractivity (Wildman–Crippen MR) is 205 cm³/mol. The summed E-state index contributed by atoms with van der Waals surface area (Å²) < 4.78 is 108. The fourth-order valence-corrected chi connectivity index (χ4v) is 7.92. The summed E-state index contributed by atoms with van der Waals surface area (Å²) in [4.78, 5) is -2.61. The van der Waals surface area contributed by atoms with Gasteiger partial charge in [0.15, 0.2) is 5.75 Å². The Balaban J connectivity index is 0.00000265. The van der Waals surface area contributed by atoms with Crippen molar-refractivity contribution in [1.82, 2.24) is 0 Å². The van der Waals surface area contributed by atoms with Crippen LogP contribution < -0.4 is 94.0 Å². The molecule has 0 saturated heterocycles. The van der Waals surface area contributed by atoms with Crippen LogP contribution in [-0.4, -0.2) is 49.1 Å². The zero-order valence-electron chi connectivity index (χ0n) is 31.7. The Kier molecular flexibility index (Phi) is 16.0. The molecule has 7 aromatic carbocycles. The number of hydrogen-bond donors (Lipinski definition) is 3. The van der Waals surface area contributed by atoms with Crippen LogP contribution in [0.5, 0.6) is 11.5 Å². The van der Waals surface area contributed by atoms with Crippen molar-refractivity contribution in [2.45, 2.75) is 14.7 Å². The topological polar surface area (TPSA) is 274 Å². The van der Waals surface area contributed by atoms with E-state index in [1.807, 2.05) is 18.2 Å². The van der Waals surface area contributed by atoms with Crippen LogP contribution in [-0.2, 0) is 30.4 Å². The minimum atomic E-state index is -5.34. The van der Waals surface area contributed by atoms with Crippen LogP contribution in [0.4, 0.5) is 34.1 Å². The number of nitrogens with one attached hydrogen (secondary N) is 1. The third kappa shape index (κ3) is 11.1. The van der Waals surface area contributed by atoms with Crippen LogP contribution >= 0.6 is 0 Å². The van der Waals surface area contributed by atoms with Crippen molar-refractivity contribution in [3.05, 3.63) is 127 Å². The first-order valence-electron chi connectivity index (χ1n) is 16.3. The normalized spacial score (nSPS) is 11.9. The van der Waals surface area contributed by atoms with Gasteiger partial charge in [-0.05, 0) is 95.4 Å². The smallest absolute Gasteiger partial charge is 0.744 e. The molecular formula is C38H24N5Na3O11S3. The number of rotatable bonds is 10. The van der Waals surface area contributed by atoms with Gasteiger partial charge in [0.25, 0.3) is 0 Å². The predicted octanol–water partition coefficient (Wildman–Crippen LogP) is -0.630. The Morgan fingerprint density at radius 2 is 1.07 bits per heavy atom. The second kappa shape index (κ2) is 19.6. The summed E-state index contributed by atoms with van der Waals surface area (Å²) in [5.74, 6) is -0.947. The van der Waals surface area contributed by atoms with Gasteiger partial charge in [0.2, 0.25) is 0 Å². The number of fused-ring (bicyclic) bond motifs is 2. The number of azo groups is 2. The van der Waals surface area contributed by atoms with E-state index in [0.717, 1.165) is 30.0 Å². The number of aromatic hydroxyl groups is 2. The minimum Gasteiger partial charge on any atom is -0.744 e. The zero-order valence-corrected chi connectivity index (χ0v) is 40.2. The molecule has 0 radical (unpaired) electrons. The van der Waals surface area contributed by atoms with Gasteiger partial charge in [-0.3, -0.25) is 0 Å². The number of anilines is 2. The molecule has 0 amide bonds. The van der Waals surface area contributed by atoms with E-state index in [4.69, 9.17) is 0 Å². The molecule has 288 valence electrons. The van der Waals surface area contributed by atoms with E-state index in [-0.39, 0.29) is 122 Å². The van der Waals surface area contributed by atoms with E-state index in [9.17, 15) is 49.1 Å². The van der Waals surface area contributed by atoms with Gasteiger partial charge in [-0.25, -0.2) is 25.3 Å². The number of nitrogens with zero attached hydrogens (tertiary/aromatic N) is 4. The molecule has 0 bridgehead atoms. The first-order chi connectivity index (χ1) is 27.0. The molecule has 0 saturated carbocycles. The Labute approximate surface area is 409 Å². The first kappa shape index (κ1) is 49.0. The molecule has 0 aliphatic rings. The van der Waals surface area contributed by atoms with E-state index in [2.05, 4.69) is 25.8 Å². The minimum absolute atomic E-state index is 0. The Morgan fingerprint density at radius 3 is 1.62 bits per heavy atom. The van der Waals surface area contributed by atoms with Crippen LogP contribution in [0.15, 0.2) is 163 Å².